The Labute approximate surface area is 158 Å². The van der Waals surface area contributed by atoms with Crippen molar-refractivity contribution in [3.8, 4) is 0 Å². The summed E-state index contributed by atoms with van der Waals surface area (Å²) in [5.41, 5.74) is 7.61. The number of nitrogens with two attached hydrogens (primary N) is 1. The van der Waals surface area contributed by atoms with Crippen LogP contribution in [0.3, 0.4) is 0 Å². The molecule has 4 heterocycles. The van der Waals surface area contributed by atoms with Crippen molar-refractivity contribution in [1.29, 1.82) is 0 Å². The van der Waals surface area contributed by atoms with Crippen molar-refractivity contribution in [1.82, 2.24) is 24.5 Å². The Morgan fingerprint density at radius 1 is 1.19 bits per heavy atom. The highest BCUT2D eigenvalue weighted by molar-refractivity contribution is 7.98. The first-order chi connectivity index (χ1) is 13.1. The van der Waals surface area contributed by atoms with Crippen molar-refractivity contribution >= 4 is 28.9 Å². The quantitative estimate of drug-likeness (QED) is 0.337. The molecule has 4 atom stereocenters. The van der Waals surface area contributed by atoms with Gasteiger partial charge in [-0.1, -0.05) is 17.8 Å². The average molecular weight is 390 g/mol. The van der Waals surface area contributed by atoms with E-state index in [1.807, 2.05) is 18.2 Å². The maximum atomic E-state index is 10.3. The van der Waals surface area contributed by atoms with Crippen LogP contribution in [-0.2, 0) is 10.5 Å². The summed E-state index contributed by atoms with van der Waals surface area (Å²) in [6.07, 6.45) is -1.11. The first-order valence-corrected chi connectivity index (χ1v) is 9.22. The summed E-state index contributed by atoms with van der Waals surface area (Å²) in [6, 6.07) is 5.66. The number of nitrogen functional groups attached to an aromatic ring is 1. The van der Waals surface area contributed by atoms with Gasteiger partial charge in [0.1, 0.15) is 28.9 Å². The van der Waals surface area contributed by atoms with Gasteiger partial charge in [-0.3, -0.25) is 9.55 Å². The fraction of sp³-hybridized carbons (Fsp3) is 0.375. The Morgan fingerprint density at radius 2 is 2.04 bits per heavy atom. The molecule has 0 spiro atoms. The SMILES string of the molecule is Nc1nc(SCc2ccccn2)c2ncn([C@H]3O[C@@H](CO)[C@@H](O)[C@H]3O)c2n1. The van der Waals surface area contributed by atoms with Gasteiger partial charge in [-0.2, -0.15) is 4.98 Å². The number of fused-ring (bicyclic) bond motifs is 1. The second-order valence-electron chi connectivity index (χ2n) is 6.05. The average Bonchev–Trinajstić information content (AvgIpc) is 3.22. The van der Waals surface area contributed by atoms with Gasteiger partial charge in [0.25, 0.3) is 0 Å². The van der Waals surface area contributed by atoms with Crippen molar-refractivity contribution in [3.05, 3.63) is 36.4 Å². The maximum Gasteiger partial charge on any atom is 0.223 e. The third-order valence-corrected chi connectivity index (χ3v) is 5.28. The Kier molecular flexibility index (Phi) is 4.93. The molecule has 27 heavy (non-hydrogen) atoms. The minimum absolute atomic E-state index is 0.0551. The molecular weight excluding hydrogens is 372 g/mol. The number of pyridine rings is 1. The number of nitrogens with zero attached hydrogens (tertiary/aromatic N) is 5. The molecule has 1 aliphatic rings. The van der Waals surface area contributed by atoms with E-state index in [1.54, 1.807) is 6.20 Å². The summed E-state index contributed by atoms with van der Waals surface area (Å²) >= 11 is 1.42. The predicted molar refractivity (Wildman–Crippen MR) is 96.5 cm³/mol. The third-order valence-electron chi connectivity index (χ3n) is 4.28. The molecule has 0 bridgehead atoms. The van der Waals surface area contributed by atoms with Crippen molar-refractivity contribution in [2.45, 2.75) is 35.3 Å². The standard InChI is InChI=1S/C16H18N6O4S/c17-16-20-13-10(14(21-16)27-6-8-3-1-2-4-18-8)19-7-22(13)15-12(25)11(24)9(5-23)26-15/h1-4,7,9,11-12,15,23-25H,5-6H2,(H2,17,20,21)/t9-,11+,12+,15-/m0/s1. The summed E-state index contributed by atoms with van der Waals surface area (Å²) in [5, 5.41) is 30.1. The molecule has 5 N–H and O–H groups in total. The van der Waals surface area contributed by atoms with Gasteiger partial charge in [0.15, 0.2) is 11.9 Å². The predicted octanol–water partition coefficient (Wildman–Crippen LogP) is -0.293. The van der Waals surface area contributed by atoms with Crippen LogP contribution in [0, 0.1) is 0 Å². The second-order valence-corrected chi connectivity index (χ2v) is 7.01. The number of hydrogen-bond donors (Lipinski definition) is 4. The van der Waals surface area contributed by atoms with E-state index < -0.39 is 31.1 Å². The van der Waals surface area contributed by atoms with Crippen LogP contribution in [0.1, 0.15) is 11.9 Å². The van der Waals surface area contributed by atoms with Crippen molar-refractivity contribution in [2.75, 3.05) is 12.3 Å². The Hall–Kier alpha value is -2.31. The van der Waals surface area contributed by atoms with E-state index in [4.69, 9.17) is 10.5 Å². The largest absolute Gasteiger partial charge is 0.394 e. The maximum absolute atomic E-state index is 10.3. The van der Waals surface area contributed by atoms with Crippen LogP contribution in [0.15, 0.2) is 35.7 Å². The van der Waals surface area contributed by atoms with E-state index in [0.717, 1.165) is 5.69 Å². The van der Waals surface area contributed by atoms with E-state index in [1.165, 1.54) is 22.7 Å². The van der Waals surface area contributed by atoms with Gasteiger partial charge in [0.05, 0.1) is 18.6 Å². The number of anilines is 1. The van der Waals surface area contributed by atoms with E-state index in [-0.39, 0.29) is 5.95 Å². The molecule has 0 amide bonds. The molecule has 0 saturated carbocycles. The summed E-state index contributed by atoms with van der Waals surface area (Å²) in [4.78, 5) is 17.1. The molecule has 0 aliphatic carbocycles. The van der Waals surface area contributed by atoms with Crippen molar-refractivity contribution in [2.24, 2.45) is 0 Å². The molecule has 1 saturated heterocycles. The van der Waals surface area contributed by atoms with Gasteiger partial charge in [-0.05, 0) is 12.1 Å². The number of aliphatic hydroxyl groups is 3. The number of aromatic nitrogens is 5. The van der Waals surface area contributed by atoms with Crippen molar-refractivity contribution in [3.63, 3.8) is 0 Å². The second kappa shape index (κ2) is 7.37. The molecule has 1 aliphatic heterocycles. The molecular formula is C16H18N6O4S. The minimum atomic E-state index is -1.24. The zero-order chi connectivity index (χ0) is 19.0. The fourth-order valence-corrected chi connectivity index (χ4v) is 3.82. The molecule has 10 nitrogen and oxygen atoms in total. The molecule has 3 aromatic rings. The van der Waals surface area contributed by atoms with Gasteiger partial charge < -0.3 is 25.8 Å². The Balaban J connectivity index is 1.66. The summed E-state index contributed by atoms with van der Waals surface area (Å²) < 4.78 is 7.04. The number of imidazole rings is 1. The summed E-state index contributed by atoms with van der Waals surface area (Å²) in [6.45, 7) is -0.413. The van der Waals surface area contributed by atoms with E-state index in [0.29, 0.717) is 21.9 Å². The van der Waals surface area contributed by atoms with Gasteiger partial charge >= 0.3 is 0 Å². The van der Waals surface area contributed by atoms with E-state index in [2.05, 4.69) is 19.9 Å². The highest BCUT2D eigenvalue weighted by Gasteiger charge is 2.44. The zero-order valence-corrected chi connectivity index (χ0v) is 14.9. The van der Waals surface area contributed by atoms with Crippen LogP contribution in [0.25, 0.3) is 11.2 Å². The van der Waals surface area contributed by atoms with Crippen LogP contribution in [0.5, 0.6) is 0 Å². The van der Waals surface area contributed by atoms with Gasteiger partial charge in [-0.15, -0.1) is 0 Å². The van der Waals surface area contributed by atoms with Crippen LogP contribution >= 0.6 is 11.8 Å². The first-order valence-electron chi connectivity index (χ1n) is 8.23. The lowest BCUT2D eigenvalue weighted by Gasteiger charge is -2.16. The smallest absolute Gasteiger partial charge is 0.223 e. The van der Waals surface area contributed by atoms with E-state index >= 15 is 0 Å². The third kappa shape index (κ3) is 3.35. The number of ether oxygens (including phenoxy) is 1. The Bertz CT molecular complexity index is 939. The monoisotopic (exact) mass is 390 g/mol. The van der Waals surface area contributed by atoms with Crippen LogP contribution in [0.2, 0.25) is 0 Å². The number of thioether (sulfide) groups is 1. The lowest BCUT2D eigenvalue weighted by molar-refractivity contribution is -0.0511. The van der Waals surface area contributed by atoms with Gasteiger partial charge in [-0.25, -0.2) is 9.97 Å². The molecule has 0 radical (unpaired) electrons. The number of aliphatic hydroxyl groups excluding tert-OH is 3. The minimum Gasteiger partial charge on any atom is -0.394 e. The molecule has 142 valence electrons. The molecule has 1 fully saturated rings. The molecule has 4 rings (SSSR count). The van der Waals surface area contributed by atoms with Gasteiger partial charge in [0.2, 0.25) is 5.95 Å². The lowest BCUT2D eigenvalue weighted by atomic mass is 10.1. The van der Waals surface area contributed by atoms with Crippen LogP contribution in [0.4, 0.5) is 5.95 Å². The molecule has 0 unspecified atom stereocenters. The normalized spacial score (nSPS) is 25.3. The topological polar surface area (TPSA) is 152 Å². The highest BCUT2D eigenvalue weighted by Crippen LogP contribution is 2.33. The molecule has 3 aromatic heterocycles. The van der Waals surface area contributed by atoms with Crippen molar-refractivity contribution < 1.29 is 20.1 Å². The molecule has 11 heteroatoms. The first kappa shape index (κ1) is 18.1. The van der Waals surface area contributed by atoms with Crippen LogP contribution < -0.4 is 5.73 Å². The summed E-state index contributed by atoms with van der Waals surface area (Å²) in [5.74, 6) is 0.632. The number of rotatable bonds is 5. The Morgan fingerprint density at radius 3 is 2.74 bits per heavy atom. The van der Waals surface area contributed by atoms with E-state index in [9.17, 15) is 15.3 Å². The number of hydrogen-bond acceptors (Lipinski definition) is 10. The molecule has 0 aromatic carbocycles. The summed E-state index contributed by atoms with van der Waals surface area (Å²) in [7, 11) is 0. The lowest BCUT2D eigenvalue weighted by Crippen LogP contribution is -2.33. The highest BCUT2D eigenvalue weighted by atomic mass is 32.2. The van der Waals surface area contributed by atoms with Crippen LogP contribution in [-0.4, -0.2) is 64.7 Å². The zero-order valence-electron chi connectivity index (χ0n) is 14.1. The van der Waals surface area contributed by atoms with Gasteiger partial charge in [0, 0.05) is 11.9 Å². The fourth-order valence-electron chi connectivity index (χ4n) is 2.93.